The second-order valence-corrected chi connectivity index (χ2v) is 4.15. The van der Waals surface area contributed by atoms with E-state index >= 15 is 0 Å². The number of nitrogens with one attached hydrogen (secondary N) is 1. The number of fused-ring (bicyclic) bond motifs is 1. The fourth-order valence-electron chi connectivity index (χ4n) is 1.84. The number of aromatic nitrogens is 3. The molecule has 0 unspecified atom stereocenters. The third kappa shape index (κ3) is 2.49. The van der Waals surface area contributed by atoms with Gasteiger partial charge in [0.15, 0.2) is 5.82 Å². The lowest BCUT2D eigenvalue weighted by atomic mass is 10.2. The van der Waals surface area contributed by atoms with E-state index in [0.717, 1.165) is 22.5 Å². The van der Waals surface area contributed by atoms with Gasteiger partial charge in [-0.15, -0.1) is 0 Å². The van der Waals surface area contributed by atoms with Crippen LogP contribution in [-0.4, -0.2) is 21.1 Å². The third-order valence-corrected chi connectivity index (χ3v) is 2.92. The highest BCUT2D eigenvalue weighted by Gasteiger charge is 2.10. The Morgan fingerprint density at radius 3 is 3.00 bits per heavy atom. The Labute approximate surface area is 112 Å². The van der Waals surface area contributed by atoms with Gasteiger partial charge < -0.3 is 11.1 Å². The SMILES string of the molecule is C=C/C=C(\C=C)CNc1ncnn2cc(N)c(C)c12. The molecule has 0 radical (unpaired) electrons. The minimum Gasteiger partial charge on any atom is -0.397 e. The van der Waals surface area contributed by atoms with Crippen LogP contribution in [0.5, 0.6) is 0 Å². The molecular weight excluding hydrogens is 238 g/mol. The maximum atomic E-state index is 5.89. The highest BCUT2D eigenvalue weighted by Crippen LogP contribution is 2.23. The van der Waals surface area contributed by atoms with E-state index in [9.17, 15) is 0 Å². The molecule has 2 heterocycles. The molecule has 0 atom stereocenters. The first kappa shape index (κ1) is 12.9. The lowest BCUT2D eigenvalue weighted by Crippen LogP contribution is -2.07. The standard InChI is InChI=1S/C14H17N5/c1-4-6-11(5-2)7-16-14-13-10(3)12(15)8-19(13)18-9-17-14/h4-6,8-9H,1-2,7,15H2,3H3,(H,16,17,18)/b11-6+. The molecule has 98 valence electrons. The number of hydrogen-bond donors (Lipinski definition) is 2. The largest absolute Gasteiger partial charge is 0.397 e. The van der Waals surface area contributed by atoms with Gasteiger partial charge in [-0.3, -0.25) is 0 Å². The van der Waals surface area contributed by atoms with Gasteiger partial charge in [0.25, 0.3) is 0 Å². The molecule has 2 rings (SSSR count). The minimum absolute atomic E-state index is 0.618. The molecule has 5 nitrogen and oxygen atoms in total. The molecule has 3 N–H and O–H groups in total. The zero-order valence-electron chi connectivity index (χ0n) is 10.9. The van der Waals surface area contributed by atoms with Gasteiger partial charge >= 0.3 is 0 Å². The zero-order valence-corrected chi connectivity index (χ0v) is 10.9. The molecular formula is C14H17N5. The second-order valence-electron chi connectivity index (χ2n) is 4.15. The van der Waals surface area contributed by atoms with Gasteiger partial charge in [-0.25, -0.2) is 9.50 Å². The predicted octanol–water partition coefficient (Wildman–Crippen LogP) is 2.33. The lowest BCUT2D eigenvalue weighted by molar-refractivity contribution is 0.902. The quantitative estimate of drug-likeness (QED) is 0.805. The summed E-state index contributed by atoms with van der Waals surface area (Å²) in [4.78, 5) is 4.26. The van der Waals surface area contributed by atoms with Gasteiger partial charge in [0.2, 0.25) is 0 Å². The molecule has 0 aliphatic rings. The van der Waals surface area contributed by atoms with Crippen molar-refractivity contribution in [1.29, 1.82) is 0 Å². The topological polar surface area (TPSA) is 68.2 Å². The van der Waals surface area contributed by atoms with Gasteiger partial charge in [0, 0.05) is 12.1 Å². The van der Waals surface area contributed by atoms with E-state index in [-0.39, 0.29) is 0 Å². The number of allylic oxidation sites excluding steroid dienone is 2. The molecule has 2 aromatic rings. The molecule has 2 aromatic heterocycles. The smallest absolute Gasteiger partial charge is 0.154 e. The molecule has 19 heavy (non-hydrogen) atoms. The van der Waals surface area contributed by atoms with Crippen molar-refractivity contribution < 1.29 is 0 Å². The summed E-state index contributed by atoms with van der Waals surface area (Å²) in [6.07, 6.45) is 8.70. The van der Waals surface area contributed by atoms with Crippen LogP contribution in [-0.2, 0) is 0 Å². The van der Waals surface area contributed by atoms with Gasteiger partial charge in [0.1, 0.15) is 11.8 Å². The van der Waals surface area contributed by atoms with Gasteiger partial charge in [-0.05, 0) is 12.5 Å². The highest BCUT2D eigenvalue weighted by atomic mass is 15.3. The minimum atomic E-state index is 0.618. The molecule has 0 aliphatic heterocycles. The van der Waals surface area contributed by atoms with Crippen LogP contribution in [0.25, 0.3) is 5.52 Å². The predicted molar refractivity (Wildman–Crippen MR) is 79.1 cm³/mol. The Balaban J connectivity index is 2.33. The fraction of sp³-hybridized carbons (Fsp3) is 0.143. The monoisotopic (exact) mass is 255 g/mol. The second kappa shape index (κ2) is 5.39. The summed E-state index contributed by atoms with van der Waals surface area (Å²) in [6.45, 7) is 10.0. The molecule has 0 saturated carbocycles. The Morgan fingerprint density at radius 1 is 1.53 bits per heavy atom. The summed E-state index contributed by atoms with van der Waals surface area (Å²) >= 11 is 0. The molecule has 0 fully saturated rings. The van der Waals surface area contributed by atoms with Crippen LogP contribution < -0.4 is 11.1 Å². The molecule has 0 spiro atoms. The molecule has 0 amide bonds. The van der Waals surface area contributed by atoms with Gasteiger partial charge in [-0.1, -0.05) is 31.4 Å². The van der Waals surface area contributed by atoms with Crippen LogP contribution in [0.1, 0.15) is 5.56 Å². The first-order chi connectivity index (χ1) is 9.17. The van der Waals surface area contributed by atoms with E-state index in [0.29, 0.717) is 12.2 Å². The molecule has 0 bridgehead atoms. The van der Waals surface area contributed by atoms with E-state index in [2.05, 4.69) is 28.6 Å². The van der Waals surface area contributed by atoms with Crippen molar-refractivity contribution >= 4 is 17.0 Å². The Morgan fingerprint density at radius 2 is 2.32 bits per heavy atom. The van der Waals surface area contributed by atoms with Crippen LogP contribution in [0.2, 0.25) is 0 Å². The van der Waals surface area contributed by atoms with Crippen LogP contribution in [0.15, 0.2) is 49.5 Å². The summed E-state index contributed by atoms with van der Waals surface area (Å²) < 4.78 is 1.73. The first-order valence-electron chi connectivity index (χ1n) is 5.93. The normalized spacial score (nSPS) is 11.5. The van der Waals surface area contributed by atoms with Crippen molar-refractivity contribution in [3.8, 4) is 0 Å². The maximum absolute atomic E-state index is 5.89. The summed E-state index contributed by atoms with van der Waals surface area (Å²) in [5, 5.41) is 7.40. The Hall–Kier alpha value is -2.56. The summed E-state index contributed by atoms with van der Waals surface area (Å²) in [5.41, 5.74) is 9.49. The summed E-state index contributed by atoms with van der Waals surface area (Å²) in [6, 6.07) is 0. The lowest BCUT2D eigenvalue weighted by Gasteiger charge is -2.08. The summed E-state index contributed by atoms with van der Waals surface area (Å²) in [7, 11) is 0. The average molecular weight is 255 g/mol. The molecule has 5 heteroatoms. The number of nitrogens with zero attached hydrogens (tertiary/aromatic N) is 3. The number of anilines is 2. The van der Waals surface area contributed by atoms with Crippen molar-refractivity contribution in [1.82, 2.24) is 14.6 Å². The van der Waals surface area contributed by atoms with Crippen molar-refractivity contribution in [2.75, 3.05) is 17.6 Å². The van der Waals surface area contributed by atoms with E-state index in [4.69, 9.17) is 5.73 Å². The first-order valence-corrected chi connectivity index (χ1v) is 5.93. The number of rotatable bonds is 5. The molecule has 0 saturated heterocycles. The van der Waals surface area contributed by atoms with E-state index in [1.165, 1.54) is 6.33 Å². The van der Waals surface area contributed by atoms with Gasteiger partial charge in [0.05, 0.1) is 11.9 Å². The Kier molecular flexibility index (Phi) is 3.66. The number of aryl methyl sites for hydroxylation is 1. The van der Waals surface area contributed by atoms with Crippen LogP contribution >= 0.6 is 0 Å². The van der Waals surface area contributed by atoms with E-state index < -0.39 is 0 Å². The fourth-order valence-corrected chi connectivity index (χ4v) is 1.84. The van der Waals surface area contributed by atoms with E-state index in [1.54, 1.807) is 22.9 Å². The van der Waals surface area contributed by atoms with Gasteiger partial charge in [-0.2, -0.15) is 5.10 Å². The number of nitrogens with two attached hydrogens (primary N) is 1. The number of hydrogen-bond acceptors (Lipinski definition) is 4. The van der Waals surface area contributed by atoms with Crippen LogP contribution in [0.4, 0.5) is 11.5 Å². The van der Waals surface area contributed by atoms with Crippen LogP contribution in [0.3, 0.4) is 0 Å². The van der Waals surface area contributed by atoms with E-state index in [1.807, 2.05) is 13.0 Å². The molecule has 0 aromatic carbocycles. The van der Waals surface area contributed by atoms with Crippen molar-refractivity contribution in [2.45, 2.75) is 6.92 Å². The van der Waals surface area contributed by atoms with Crippen LogP contribution in [0, 0.1) is 6.92 Å². The third-order valence-electron chi connectivity index (χ3n) is 2.92. The van der Waals surface area contributed by atoms with Crippen molar-refractivity contribution in [3.05, 3.63) is 55.0 Å². The summed E-state index contributed by atoms with van der Waals surface area (Å²) in [5.74, 6) is 0.751. The zero-order chi connectivity index (χ0) is 13.8. The molecule has 0 aliphatic carbocycles. The Bertz CT molecular complexity index is 651. The maximum Gasteiger partial charge on any atom is 0.154 e. The average Bonchev–Trinajstić information content (AvgIpc) is 2.71. The van der Waals surface area contributed by atoms with Crippen molar-refractivity contribution in [3.63, 3.8) is 0 Å². The highest BCUT2D eigenvalue weighted by molar-refractivity contribution is 5.78. The number of nitrogen functional groups attached to an aromatic ring is 1. The van der Waals surface area contributed by atoms with Crippen molar-refractivity contribution in [2.24, 2.45) is 0 Å².